The van der Waals surface area contributed by atoms with Gasteiger partial charge in [-0.05, 0) is 23.8 Å². The van der Waals surface area contributed by atoms with Crippen molar-refractivity contribution in [3.63, 3.8) is 0 Å². The summed E-state index contributed by atoms with van der Waals surface area (Å²) in [5.74, 6) is -0.265. The second-order valence-corrected chi connectivity index (χ2v) is 5.58. The van der Waals surface area contributed by atoms with Crippen LogP contribution in [0.4, 0.5) is 0 Å². The van der Waals surface area contributed by atoms with Crippen LogP contribution in [0.1, 0.15) is 15.9 Å². The number of carbonyl (C=O) groups is 1. The molecule has 0 spiro atoms. The Morgan fingerprint density at radius 1 is 1.19 bits per heavy atom. The normalized spacial score (nSPS) is 10.4. The van der Waals surface area contributed by atoms with Gasteiger partial charge in [0.1, 0.15) is 5.75 Å². The molecule has 110 valence electrons. The van der Waals surface area contributed by atoms with Crippen molar-refractivity contribution < 1.29 is 9.90 Å². The summed E-state index contributed by atoms with van der Waals surface area (Å²) in [6.45, 7) is 1.27. The van der Waals surface area contributed by atoms with Crippen LogP contribution < -0.4 is 5.73 Å². The third kappa shape index (κ3) is 4.06. The average molecular weight is 349 g/mol. The van der Waals surface area contributed by atoms with Gasteiger partial charge in [-0.1, -0.05) is 46.3 Å². The number of phenols is 1. The van der Waals surface area contributed by atoms with Gasteiger partial charge in [0, 0.05) is 24.1 Å². The zero-order valence-electron chi connectivity index (χ0n) is 11.5. The summed E-state index contributed by atoms with van der Waals surface area (Å²) in [6, 6.07) is 14.5. The Morgan fingerprint density at radius 3 is 2.52 bits per heavy atom. The van der Waals surface area contributed by atoms with Crippen LogP contribution in [0.2, 0.25) is 0 Å². The number of rotatable bonds is 5. The molecule has 0 radical (unpaired) electrons. The lowest BCUT2D eigenvalue weighted by atomic mass is 10.1. The van der Waals surface area contributed by atoms with E-state index in [0.29, 0.717) is 19.6 Å². The van der Waals surface area contributed by atoms with E-state index in [9.17, 15) is 9.90 Å². The zero-order chi connectivity index (χ0) is 15.2. The van der Waals surface area contributed by atoms with Crippen molar-refractivity contribution in [3.8, 4) is 5.75 Å². The molecule has 2 aromatic carbocycles. The SMILES string of the molecule is NCCN(Cc1ccccc1)C(=O)c1ccc(Br)cc1O. The number of halogens is 1. The highest BCUT2D eigenvalue weighted by molar-refractivity contribution is 9.10. The predicted octanol–water partition coefficient (Wildman–Crippen LogP) is 2.76. The van der Waals surface area contributed by atoms with Crippen LogP contribution in [0, 0.1) is 0 Å². The lowest BCUT2D eigenvalue weighted by Crippen LogP contribution is -2.34. The topological polar surface area (TPSA) is 66.6 Å². The van der Waals surface area contributed by atoms with Crippen LogP contribution in [0.5, 0.6) is 5.75 Å². The average Bonchev–Trinajstić information content (AvgIpc) is 2.47. The number of phenolic OH excluding ortho intramolecular Hbond substituents is 1. The van der Waals surface area contributed by atoms with Crippen molar-refractivity contribution in [1.29, 1.82) is 0 Å². The first-order chi connectivity index (χ1) is 10.1. The molecule has 3 N–H and O–H groups in total. The Balaban J connectivity index is 2.23. The van der Waals surface area contributed by atoms with Crippen LogP contribution in [0.25, 0.3) is 0 Å². The molecule has 0 aliphatic rings. The molecular formula is C16H17BrN2O2. The van der Waals surface area contributed by atoms with Gasteiger partial charge < -0.3 is 15.7 Å². The minimum absolute atomic E-state index is 0.0375. The molecule has 0 bridgehead atoms. The molecule has 0 aliphatic heterocycles. The van der Waals surface area contributed by atoms with E-state index in [0.717, 1.165) is 10.0 Å². The van der Waals surface area contributed by atoms with Gasteiger partial charge in [-0.15, -0.1) is 0 Å². The fourth-order valence-corrected chi connectivity index (χ4v) is 2.42. The molecular weight excluding hydrogens is 332 g/mol. The maximum atomic E-state index is 12.6. The van der Waals surface area contributed by atoms with E-state index in [2.05, 4.69) is 15.9 Å². The largest absolute Gasteiger partial charge is 0.507 e. The first-order valence-electron chi connectivity index (χ1n) is 6.63. The van der Waals surface area contributed by atoms with E-state index in [-0.39, 0.29) is 17.2 Å². The highest BCUT2D eigenvalue weighted by atomic mass is 79.9. The van der Waals surface area contributed by atoms with Crippen LogP contribution in [-0.2, 0) is 6.54 Å². The number of carbonyl (C=O) groups excluding carboxylic acids is 1. The molecule has 0 aliphatic carbocycles. The monoisotopic (exact) mass is 348 g/mol. The fourth-order valence-electron chi connectivity index (χ4n) is 2.07. The number of nitrogens with zero attached hydrogens (tertiary/aromatic N) is 1. The second-order valence-electron chi connectivity index (χ2n) is 4.66. The lowest BCUT2D eigenvalue weighted by Gasteiger charge is -2.22. The Bertz CT molecular complexity index is 617. The number of amides is 1. The van der Waals surface area contributed by atoms with Crippen molar-refractivity contribution in [2.75, 3.05) is 13.1 Å². The van der Waals surface area contributed by atoms with Gasteiger partial charge >= 0.3 is 0 Å². The van der Waals surface area contributed by atoms with Gasteiger partial charge in [0.2, 0.25) is 0 Å². The summed E-state index contributed by atoms with van der Waals surface area (Å²) < 4.78 is 0.727. The third-order valence-electron chi connectivity index (χ3n) is 3.09. The predicted molar refractivity (Wildman–Crippen MR) is 86.0 cm³/mol. The van der Waals surface area contributed by atoms with Crippen molar-refractivity contribution >= 4 is 21.8 Å². The van der Waals surface area contributed by atoms with E-state index in [4.69, 9.17) is 5.73 Å². The molecule has 2 rings (SSSR count). The van der Waals surface area contributed by atoms with E-state index >= 15 is 0 Å². The molecule has 1 amide bonds. The van der Waals surface area contributed by atoms with Gasteiger partial charge in [0.25, 0.3) is 5.91 Å². The number of aromatic hydroxyl groups is 1. The quantitative estimate of drug-likeness (QED) is 0.872. The number of benzene rings is 2. The van der Waals surface area contributed by atoms with Crippen molar-refractivity contribution in [1.82, 2.24) is 4.90 Å². The smallest absolute Gasteiger partial charge is 0.257 e. The van der Waals surface area contributed by atoms with E-state index in [1.54, 1.807) is 17.0 Å². The number of nitrogens with two attached hydrogens (primary N) is 1. The maximum absolute atomic E-state index is 12.6. The van der Waals surface area contributed by atoms with E-state index < -0.39 is 0 Å². The summed E-state index contributed by atoms with van der Waals surface area (Å²) in [5.41, 5.74) is 6.90. The molecule has 0 atom stereocenters. The van der Waals surface area contributed by atoms with Gasteiger partial charge in [0.05, 0.1) is 5.56 Å². The van der Waals surface area contributed by atoms with Crippen LogP contribution in [0.3, 0.4) is 0 Å². The zero-order valence-corrected chi connectivity index (χ0v) is 13.1. The van der Waals surface area contributed by atoms with Gasteiger partial charge in [0.15, 0.2) is 0 Å². The van der Waals surface area contributed by atoms with E-state index in [1.807, 2.05) is 30.3 Å². The van der Waals surface area contributed by atoms with Crippen LogP contribution >= 0.6 is 15.9 Å². The van der Waals surface area contributed by atoms with E-state index in [1.165, 1.54) is 6.07 Å². The minimum atomic E-state index is -0.227. The van der Waals surface area contributed by atoms with Crippen molar-refractivity contribution in [2.24, 2.45) is 5.73 Å². The molecule has 21 heavy (non-hydrogen) atoms. The molecule has 0 unspecified atom stereocenters. The van der Waals surface area contributed by atoms with Crippen LogP contribution in [0.15, 0.2) is 53.0 Å². The third-order valence-corrected chi connectivity index (χ3v) is 3.59. The van der Waals surface area contributed by atoms with Crippen LogP contribution in [-0.4, -0.2) is 29.0 Å². The Hall–Kier alpha value is -1.85. The molecule has 0 aromatic heterocycles. The van der Waals surface area contributed by atoms with Gasteiger partial charge in [-0.3, -0.25) is 4.79 Å². The number of hydrogen-bond donors (Lipinski definition) is 2. The first kappa shape index (κ1) is 15.5. The van der Waals surface area contributed by atoms with Crippen molar-refractivity contribution in [3.05, 3.63) is 64.1 Å². The second kappa shape index (κ2) is 7.24. The maximum Gasteiger partial charge on any atom is 0.257 e. The fraction of sp³-hybridized carbons (Fsp3) is 0.188. The Kier molecular flexibility index (Phi) is 5.36. The molecule has 5 heteroatoms. The molecule has 0 fully saturated rings. The Labute approximate surface area is 132 Å². The van der Waals surface area contributed by atoms with Crippen molar-refractivity contribution in [2.45, 2.75) is 6.54 Å². The lowest BCUT2D eigenvalue weighted by molar-refractivity contribution is 0.0745. The van der Waals surface area contributed by atoms with Gasteiger partial charge in [-0.25, -0.2) is 0 Å². The molecule has 0 heterocycles. The molecule has 0 saturated heterocycles. The summed E-state index contributed by atoms with van der Waals surface area (Å²) in [5, 5.41) is 9.94. The summed E-state index contributed by atoms with van der Waals surface area (Å²) in [4.78, 5) is 14.2. The first-order valence-corrected chi connectivity index (χ1v) is 7.43. The highest BCUT2D eigenvalue weighted by Crippen LogP contribution is 2.24. The highest BCUT2D eigenvalue weighted by Gasteiger charge is 2.18. The Morgan fingerprint density at radius 2 is 1.90 bits per heavy atom. The number of hydrogen-bond acceptors (Lipinski definition) is 3. The minimum Gasteiger partial charge on any atom is -0.507 e. The standard InChI is InChI=1S/C16H17BrN2O2/c17-13-6-7-14(15(20)10-13)16(21)19(9-8-18)11-12-4-2-1-3-5-12/h1-7,10,20H,8-9,11,18H2. The summed E-state index contributed by atoms with van der Waals surface area (Å²) >= 11 is 3.26. The molecule has 0 saturated carbocycles. The summed E-state index contributed by atoms with van der Waals surface area (Å²) in [7, 11) is 0. The summed E-state index contributed by atoms with van der Waals surface area (Å²) in [6.07, 6.45) is 0. The molecule has 2 aromatic rings. The molecule has 4 nitrogen and oxygen atoms in total. The van der Waals surface area contributed by atoms with Gasteiger partial charge in [-0.2, -0.15) is 0 Å².